The fourth-order valence-corrected chi connectivity index (χ4v) is 11.2. The van der Waals surface area contributed by atoms with Crippen LogP contribution in [0.25, 0.3) is 32.4 Å². The third kappa shape index (κ3) is 20.9. The lowest BCUT2D eigenvalue weighted by atomic mass is 10.1. The molecule has 0 atom stereocenters. The number of nitrogens with zero attached hydrogens (tertiary/aromatic N) is 8. The number of carbonyl (C=O) groups excluding carboxylic acids is 3. The number of thiophene rings is 2. The largest absolute Gasteiger partial charge is 0.495 e. The number of piperazine rings is 1. The fraction of sp³-hybridized carbons (Fsp3) is 0.266. The minimum absolute atomic E-state index is 0.0964. The summed E-state index contributed by atoms with van der Waals surface area (Å²) in [6.07, 6.45) is 1.67. The second-order valence-electron chi connectivity index (χ2n) is 20.6. The SMILES string of the molecule is CCN1CCN(c2ccc(Nc3nccc(-c4ccc(NC(C)=O)cc4)n3)cc2OC)CC1.Cc1csc(-c2ccnc(NCCCNC(=O)Nc3c(Cl)cccc3Cl)n2)c1.Cc1csc(-c2ccnc(NCCCNC(=O)Nc3cc(C(F)(F)F)ccc3F)n2)c1. The number of rotatable bonds is 21. The smallest absolute Gasteiger partial charge is 0.416 e. The number of hydrogen-bond acceptors (Lipinski definition) is 17. The van der Waals surface area contributed by atoms with E-state index in [9.17, 15) is 31.9 Å². The van der Waals surface area contributed by atoms with Gasteiger partial charge in [0.05, 0.1) is 66.6 Å². The van der Waals surface area contributed by atoms with Crippen molar-refractivity contribution >= 4 is 110 Å². The van der Waals surface area contributed by atoms with E-state index in [2.05, 4.69) is 114 Å². The molecule has 1 saturated heterocycles. The van der Waals surface area contributed by atoms with Crippen LogP contribution in [0.15, 0.2) is 139 Å². The maximum atomic E-state index is 13.7. The van der Waals surface area contributed by atoms with Crippen molar-refractivity contribution in [3.05, 3.63) is 171 Å². The first kappa shape index (κ1) is 68.7. The minimum Gasteiger partial charge on any atom is -0.495 e. The summed E-state index contributed by atoms with van der Waals surface area (Å²) < 4.78 is 57.5. The number of halogens is 6. The Morgan fingerprint density at radius 1 is 0.630 bits per heavy atom. The molecule has 0 spiro atoms. The molecule has 482 valence electrons. The van der Waals surface area contributed by atoms with Gasteiger partial charge in [-0.15, -0.1) is 22.7 Å². The Morgan fingerprint density at radius 2 is 1.17 bits per heavy atom. The number of nitrogens with one attached hydrogen (secondary N) is 8. The van der Waals surface area contributed by atoms with Gasteiger partial charge < -0.3 is 57.1 Å². The molecule has 1 aliphatic heterocycles. The number of urea groups is 2. The third-order valence-electron chi connectivity index (χ3n) is 13.6. The van der Waals surface area contributed by atoms with Crippen molar-refractivity contribution in [3.8, 4) is 38.1 Å². The Hall–Kier alpha value is -9.21. The summed E-state index contributed by atoms with van der Waals surface area (Å²) in [5.74, 6) is 1.29. The molecule has 0 bridgehead atoms. The summed E-state index contributed by atoms with van der Waals surface area (Å²) in [5, 5.41) is 27.2. The molecule has 0 unspecified atom stereocenters. The van der Waals surface area contributed by atoms with Gasteiger partial charge in [-0.25, -0.2) is 43.9 Å². The highest BCUT2D eigenvalue weighted by molar-refractivity contribution is 7.14. The lowest BCUT2D eigenvalue weighted by Crippen LogP contribution is -2.46. The van der Waals surface area contributed by atoms with E-state index in [1.54, 1.807) is 66.6 Å². The zero-order valence-corrected chi connectivity index (χ0v) is 54.0. The van der Waals surface area contributed by atoms with Crippen LogP contribution in [0.2, 0.25) is 10.0 Å². The number of ether oxygens (including phenoxy) is 1. The second-order valence-corrected chi connectivity index (χ2v) is 23.2. The Bertz CT molecular complexity index is 3890. The van der Waals surface area contributed by atoms with Crippen molar-refractivity contribution in [1.29, 1.82) is 0 Å². The highest BCUT2D eigenvalue weighted by Gasteiger charge is 2.31. The molecule has 1 fully saturated rings. The molecule has 10 rings (SSSR count). The van der Waals surface area contributed by atoms with Crippen LogP contribution in [-0.4, -0.2) is 119 Å². The monoisotopic (exact) mass is 1330 g/mol. The van der Waals surface area contributed by atoms with Crippen molar-refractivity contribution in [3.63, 3.8) is 0 Å². The van der Waals surface area contributed by atoms with Gasteiger partial charge in [-0.05, 0) is 140 Å². The summed E-state index contributed by atoms with van der Waals surface area (Å²) in [7, 11) is 1.70. The molecule has 1 aliphatic rings. The number of carbonyl (C=O) groups is 3. The van der Waals surface area contributed by atoms with Crippen molar-refractivity contribution in [2.24, 2.45) is 0 Å². The van der Waals surface area contributed by atoms with Crippen LogP contribution in [0.5, 0.6) is 5.75 Å². The molecule has 28 heteroatoms. The van der Waals surface area contributed by atoms with Gasteiger partial charge >= 0.3 is 18.2 Å². The van der Waals surface area contributed by atoms with E-state index in [1.807, 2.05) is 73.0 Å². The molecule has 5 aromatic heterocycles. The molecule has 6 heterocycles. The zero-order chi connectivity index (χ0) is 65.6. The second kappa shape index (κ2) is 33.7. The highest BCUT2D eigenvalue weighted by Crippen LogP contribution is 2.35. The van der Waals surface area contributed by atoms with Crippen LogP contribution in [0, 0.1) is 19.7 Å². The number of alkyl halides is 3. The van der Waals surface area contributed by atoms with Gasteiger partial charge in [0.25, 0.3) is 0 Å². The number of anilines is 8. The van der Waals surface area contributed by atoms with Crippen molar-refractivity contribution in [2.45, 2.75) is 46.7 Å². The van der Waals surface area contributed by atoms with Crippen molar-refractivity contribution in [1.82, 2.24) is 45.4 Å². The Morgan fingerprint density at radius 3 is 1.71 bits per heavy atom. The van der Waals surface area contributed by atoms with E-state index in [-0.39, 0.29) is 18.5 Å². The number of aryl methyl sites for hydroxylation is 2. The molecule has 0 radical (unpaired) electrons. The summed E-state index contributed by atoms with van der Waals surface area (Å²) in [6.45, 7) is 14.7. The molecular formula is C64H68Cl2F4N16O4S2. The predicted molar refractivity (Wildman–Crippen MR) is 361 cm³/mol. The number of hydrogen-bond donors (Lipinski definition) is 8. The summed E-state index contributed by atoms with van der Waals surface area (Å²) in [6, 6.07) is 29.1. The van der Waals surface area contributed by atoms with E-state index in [4.69, 9.17) is 27.9 Å². The maximum Gasteiger partial charge on any atom is 0.416 e. The summed E-state index contributed by atoms with van der Waals surface area (Å²) >= 11 is 15.3. The van der Waals surface area contributed by atoms with Crippen molar-refractivity contribution < 1.29 is 36.7 Å². The Kier molecular flexibility index (Phi) is 25.2. The Labute approximate surface area is 548 Å². The number of para-hydroxylation sites is 1. The predicted octanol–water partition coefficient (Wildman–Crippen LogP) is 14.7. The van der Waals surface area contributed by atoms with Gasteiger partial charge in [-0.1, -0.05) is 48.3 Å². The zero-order valence-electron chi connectivity index (χ0n) is 50.9. The van der Waals surface area contributed by atoms with Gasteiger partial charge in [0.1, 0.15) is 11.6 Å². The van der Waals surface area contributed by atoms with E-state index >= 15 is 0 Å². The molecule has 20 nitrogen and oxygen atoms in total. The van der Waals surface area contributed by atoms with Crippen LogP contribution in [0.3, 0.4) is 0 Å². The average Bonchev–Trinajstić information content (AvgIpc) is 2.72. The number of benzene rings is 4. The van der Waals surface area contributed by atoms with Crippen LogP contribution in [-0.2, 0) is 11.0 Å². The molecule has 5 amide bonds. The van der Waals surface area contributed by atoms with Crippen LogP contribution < -0.4 is 52.2 Å². The number of likely N-dealkylation sites (N-methyl/N-ethyl adjacent to an activating group) is 1. The first-order valence-corrected chi connectivity index (χ1v) is 31.6. The topological polar surface area (TPSA) is 240 Å². The minimum atomic E-state index is -4.63. The maximum absolute atomic E-state index is 13.7. The number of aromatic nitrogens is 6. The van der Waals surface area contributed by atoms with E-state index < -0.39 is 29.3 Å². The highest BCUT2D eigenvalue weighted by atomic mass is 35.5. The number of amides is 5. The van der Waals surface area contributed by atoms with Crippen molar-refractivity contribution in [2.75, 3.05) is 103 Å². The van der Waals surface area contributed by atoms with E-state index in [0.29, 0.717) is 84.3 Å². The van der Waals surface area contributed by atoms with Gasteiger partial charge in [-0.2, -0.15) is 13.2 Å². The lowest BCUT2D eigenvalue weighted by Gasteiger charge is -2.36. The Balaban J connectivity index is 0.000000178. The molecule has 92 heavy (non-hydrogen) atoms. The standard InChI is InChI=1S/C25H30N6O2.C20H19F4N5OS.C19H19Cl2N5OS/c1-4-30-13-15-31(16-14-30)23-10-9-21(17-24(23)33-3)28-25-26-12-11-22(29-25)19-5-7-20(8-6-19)27-18(2)32;1-12-9-17(31-11-12)15-5-8-26-18(28-15)25-6-2-7-27-19(30)29-16-10-13(20(22,23)24)3-4-14(16)21;1-12-10-16(28-11-12)15-6-9-23-18(25-15)22-7-3-8-24-19(27)26-17-13(20)4-2-5-14(17)21/h5-12,17H,4,13-16H2,1-3H3,(H,27,32)(H,26,28,29);3-5,8-11H,2,6-7H2,1H3,(H,25,26,28)(H2,27,29,30);2,4-6,9-11H,3,7-8H2,1H3,(H,22,23,25)(H2,24,26,27). The molecular weight excluding hydrogens is 1270 g/mol. The summed E-state index contributed by atoms with van der Waals surface area (Å²) in [4.78, 5) is 68.4. The van der Waals surface area contributed by atoms with Crippen LogP contribution in [0.1, 0.15) is 43.4 Å². The third-order valence-corrected chi connectivity index (χ3v) is 16.4. The quantitative estimate of drug-likeness (QED) is 0.0246. The summed E-state index contributed by atoms with van der Waals surface area (Å²) in [5.41, 5.74) is 7.32. The number of methoxy groups -OCH3 is 1. The van der Waals surface area contributed by atoms with Crippen LogP contribution >= 0.6 is 45.9 Å². The molecule has 8 N–H and O–H groups in total. The van der Waals surface area contributed by atoms with Gasteiger partial charge in [0.15, 0.2) is 0 Å². The first-order chi connectivity index (χ1) is 44.3. The first-order valence-electron chi connectivity index (χ1n) is 29.1. The van der Waals surface area contributed by atoms with Gasteiger partial charge in [0, 0.05) is 101 Å². The molecule has 9 aromatic rings. The molecule has 0 aliphatic carbocycles. The normalized spacial score (nSPS) is 12.1. The van der Waals surface area contributed by atoms with Crippen LogP contribution in [0.4, 0.5) is 73.4 Å². The fourth-order valence-electron chi connectivity index (χ4n) is 8.97. The van der Waals surface area contributed by atoms with E-state index in [0.717, 1.165) is 93.5 Å². The average molecular weight is 1340 g/mol. The molecule has 4 aromatic carbocycles. The lowest BCUT2D eigenvalue weighted by molar-refractivity contribution is -0.137. The van der Waals surface area contributed by atoms with E-state index in [1.165, 1.54) is 12.5 Å². The van der Waals surface area contributed by atoms with Gasteiger partial charge in [0.2, 0.25) is 23.8 Å². The van der Waals surface area contributed by atoms with Gasteiger partial charge in [-0.3, -0.25) is 4.79 Å². The molecule has 0 saturated carbocycles.